The number of hydrogen-bond acceptors (Lipinski definition) is 0. The van der Waals surface area contributed by atoms with Crippen molar-refractivity contribution in [1.82, 2.24) is 0 Å². The van der Waals surface area contributed by atoms with Gasteiger partial charge in [-0.25, -0.2) is 0 Å². The molecular formula is C34H56Na+. The first-order valence-corrected chi connectivity index (χ1v) is 15.4. The van der Waals surface area contributed by atoms with Crippen LogP contribution in [0.4, 0.5) is 0 Å². The average Bonchev–Trinajstić information content (AvgIpc) is 2.87. The maximum absolute atomic E-state index is 2.45. The molecule has 0 atom stereocenters. The molecule has 0 bridgehead atoms. The van der Waals surface area contributed by atoms with Crippen molar-refractivity contribution in [2.75, 3.05) is 0 Å². The van der Waals surface area contributed by atoms with Crippen molar-refractivity contribution in [3.8, 4) is 0 Å². The van der Waals surface area contributed by atoms with Crippen molar-refractivity contribution in [1.29, 1.82) is 0 Å². The summed E-state index contributed by atoms with van der Waals surface area (Å²) in [6, 6.07) is 13.9. The van der Waals surface area contributed by atoms with Crippen LogP contribution in [-0.4, -0.2) is 0 Å². The minimum Gasteiger partial charge on any atom is -0.0654 e. The van der Waals surface area contributed by atoms with Crippen molar-refractivity contribution < 1.29 is 29.6 Å². The van der Waals surface area contributed by atoms with Gasteiger partial charge in [-0.2, -0.15) is 0 Å². The summed E-state index contributed by atoms with van der Waals surface area (Å²) in [5.41, 5.74) is 3.29. The van der Waals surface area contributed by atoms with E-state index in [9.17, 15) is 0 Å². The molecule has 0 aromatic heterocycles. The largest absolute Gasteiger partial charge is 1.00 e. The molecule has 0 N–H and O–H groups in total. The number of unbranched alkanes of at least 4 members (excludes halogenated alkanes) is 18. The first-order valence-electron chi connectivity index (χ1n) is 15.4. The Bertz CT molecular complexity index is 734. The minimum atomic E-state index is 0. The molecule has 0 heterocycles. The van der Waals surface area contributed by atoms with Crippen molar-refractivity contribution in [2.45, 2.75) is 155 Å². The molecule has 0 nitrogen and oxygen atoms in total. The first kappa shape index (κ1) is 32.7. The van der Waals surface area contributed by atoms with E-state index in [-0.39, 0.29) is 29.6 Å². The summed E-state index contributed by atoms with van der Waals surface area (Å²) in [5.74, 6) is 0. The molecule has 35 heavy (non-hydrogen) atoms. The summed E-state index contributed by atoms with van der Waals surface area (Å²) >= 11 is 0. The molecule has 2 rings (SSSR count). The van der Waals surface area contributed by atoms with E-state index in [1.54, 1.807) is 11.1 Å². The van der Waals surface area contributed by atoms with Gasteiger partial charge in [0.05, 0.1) is 0 Å². The molecular weight excluding hydrogens is 431 g/mol. The van der Waals surface area contributed by atoms with Gasteiger partial charge in [-0.15, -0.1) is 0 Å². The van der Waals surface area contributed by atoms with Crippen LogP contribution < -0.4 is 29.6 Å². The smallest absolute Gasteiger partial charge is 0.0654 e. The zero-order valence-electron chi connectivity index (χ0n) is 24.0. The quantitative estimate of drug-likeness (QED) is 0.115. The molecule has 1 heteroatoms. The fourth-order valence-electron chi connectivity index (χ4n) is 5.50. The molecule has 0 fully saturated rings. The monoisotopic (exact) mass is 487 g/mol. The van der Waals surface area contributed by atoms with Gasteiger partial charge < -0.3 is 0 Å². The van der Waals surface area contributed by atoms with E-state index in [1.807, 2.05) is 0 Å². The Hall–Kier alpha value is -0.300. The van der Waals surface area contributed by atoms with Crippen molar-refractivity contribution in [3.63, 3.8) is 0 Å². The molecule has 0 unspecified atom stereocenters. The van der Waals surface area contributed by atoms with Gasteiger partial charge in [0.1, 0.15) is 0 Å². The van der Waals surface area contributed by atoms with E-state index in [0.29, 0.717) is 0 Å². The molecule has 0 spiro atoms. The number of benzene rings is 2. The van der Waals surface area contributed by atoms with Crippen LogP contribution in [-0.2, 0) is 12.8 Å². The number of aryl methyl sites for hydroxylation is 2. The summed E-state index contributed by atoms with van der Waals surface area (Å²) < 4.78 is 0. The third-order valence-corrected chi connectivity index (χ3v) is 7.72. The summed E-state index contributed by atoms with van der Waals surface area (Å²) in [6.07, 6.45) is 30.9. The van der Waals surface area contributed by atoms with E-state index >= 15 is 0 Å². The van der Waals surface area contributed by atoms with E-state index < -0.39 is 0 Å². The molecule has 0 radical (unpaired) electrons. The zero-order valence-corrected chi connectivity index (χ0v) is 26.0. The Labute approximate surface area is 241 Å². The Balaban J connectivity index is 0.00000612. The number of rotatable bonds is 22. The van der Waals surface area contributed by atoms with E-state index in [4.69, 9.17) is 0 Å². The summed E-state index contributed by atoms with van der Waals surface area (Å²) in [7, 11) is 0. The Morgan fingerprint density at radius 1 is 0.429 bits per heavy atom. The number of fused-ring (bicyclic) bond motifs is 1. The second-order valence-electron chi connectivity index (χ2n) is 10.8. The van der Waals surface area contributed by atoms with Crippen LogP contribution in [0.5, 0.6) is 0 Å². The third-order valence-electron chi connectivity index (χ3n) is 7.72. The van der Waals surface area contributed by atoms with Crippen molar-refractivity contribution in [3.05, 3.63) is 47.5 Å². The molecule has 0 aliphatic heterocycles. The van der Waals surface area contributed by atoms with Gasteiger partial charge in [0, 0.05) is 0 Å². The molecule has 2 aromatic rings. The van der Waals surface area contributed by atoms with Gasteiger partial charge in [-0.1, -0.05) is 166 Å². The van der Waals surface area contributed by atoms with Gasteiger partial charge in [0.25, 0.3) is 0 Å². The van der Waals surface area contributed by atoms with Gasteiger partial charge in [-0.3, -0.25) is 0 Å². The predicted octanol–water partition coefficient (Wildman–Crippen LogP) is 8.77. The first-order chi connectivity index (χ1) is 16.9. The maximum Gasteiger partial charge on any atom is 1.00 e. The standard InChI is InChI=1S/C34H56.Na/c1-3-5-7-9-11-13-15-17-19-21-25-31-29-30-32-26-23-24-28-34(32)33(31)27-22-20-18-16-14-12-10-8-6-4-2;/h23-24,26,28-30H,3-22,25,27H2,1-2H3;/q;+1. The SMILES string of the molecule is CCCCCCCCCCCCc1ccc2ccccc2c1CCCCCCCCCCCC.[Na+]. The second kappa shape index (κ2) is 22.9. The van der Waals surface area contributed by atoms with E-state index in [0.717, 1.165) is 0 Å². The Morgan fingerprint density at radius 3 is 1.37 bits per heavy atom. The van der Waals surface area contributed by atoms with E-state index in [1.165, 1.54) is 152 Å². The molecule has 0 aliphatic rings. The molecule has 0 amide bonds. The molecule has 192 valence electrons. The topological polar surface area (TPSA) is 0 Å². The minimum absolute atomic E-state index is 0. The van der Waals surface area contributed by atoms with E-state index in [2.05, 4.69) is 50.2 Å². The third kappa shape index (κ3) is 14.9. The summed E-state index contributed by atoms with van der Waals surface area (Å²) in [5, 5.41) is 2.94. The van der Waals surface area contributed by atoms with Crippen LogP contribution in [0.2, 0.25) is 0 Å². The van der Waals surface area contributed by atoms with Crippen LogP contribution >= 0.6 is 0 Å². The number of hydrogen-bond donors (Lipinski definition) is 0. The normalized spacial score (nSPS) is 11.1. The summed E-state index contributed by atoms with van der Waals surface area (Å²) in [6.45, 7) is 4.61. The fraction of sp³-hybridized carbons (Fsp3) is 0.706. The molecule has 0 saturated heterocycles. The van der Waals surface area contributed by atoms with Crippen LogP contribution in [0.15, 0.2) is 36.4 Å². The Kier molecular flexibility index (Phi) is 21.4. The molecule has 2 aromatic carbocycles. The second-order valence-corrected chi connectivity index (χ2v) is 10.8. The van der Waals surface area contributed by atoms with Crippen molar-refractivity contribution >= 4 is 10.8 Å². The van der Waals surface area contributed by atoms with Crippen LogP contribution in [0.3, 0.4) is 0 Å². The van der Waals surface area contributed by atoms with Crippen molar-refractivity contribution in [2.24, 2.45) is 0 Å². The fourth-order valence-corrected chi connectivity index (χ4v) is 5.50. The maximum atomic E-state index is 2.45. The predicted molar refractivity (Wildman–Crippen MR) is 155 cm³/mol. The van der Waals surface area contributed by atoms with Gasteiger partial charge in [0.2, 0.25) is 0 Å². The van der Waals surface area contributed by atoms with Gasteiger partial charge in [-0.05, 0) is 47.6 Å². The van der Waals surface area contributed by atoms with Gasteiger partial charge >= 0.3 is 29.6 Å². The van der Waals surface area contributed by atoms with Gasteiger partial charge in [0.15, 0.2) is 0 Å². The van der Waals surface area contributed by atoms with Crippen LogP contribution in [0.25, 0.3) is 10.8 Å². The van der Waals surface area contributed by atoms with Crippen LogP contribution in [0.1, 0.15) is 153 Å². The molecule has 0 aliphatic carbocycles. The zero-order chi connectivity index (χ0) is 24.1. The summed E-state index contributed by atoms with van der Waals surface area (Å²) in [4.78, 5) is 0. The molecule has 0 saturated carbocycles. The average molecular weight is 488 g/mol. The Morgan fingerprint density at radius 2 is 0.857 bits per heavy atom. The van der Waals surface area contributed by atoms with Crippen LogP contribution in [0, 0.1) is 0 Å².